The van der Waals surface area contributed by atoms with Crippen LogP contribution in [0.3, 0.4) is 0 Å². The van der Waals surface area contributed by atoms with Gasteiger partial charge in [0.2, 0.25) is 11.8 Å². The van der Waals surface area contributed by atoms with Crippen molar-refractivity contribution in [3.8, 4) is 11.5 Å². The molecular weight excluding hydrogens is 422 g/mol. The Morgan fingerprint density at radius 3 is 1.53 bits per heavy atom. The summed E-state index contributed by atoms with van der Waals surface area (Å²) in [5, 5.41) is 0. The topological polar surface area (TPSA) is 46.6 Å². The van der Waals surface area contributed by atoms with Gasteiger partial charge < -0.3 is 4.74 Å². The lowest BCUT2D eigenvalue weighted by atomic mass is 9.55. The number of rotatable bonds is 3. The van der Waals surface area contributed by atoms with Crippen LogP contribution in [0.15, 0.2) is 103 Å². The quantitative estimate of drug-likeness (QED) is 0.372. The summed E-state index contributed by atoms with van der Waals surface area (Å²) in [6, 6.07) is 33.3. The van der Waals surface area contributed by atoms with E-state index in [1.807, 2.05) is 72.8 Å². The van der Waals surface area contributed by atoms with Crippen molar-refractivity contribution in [3.63, 3.8) is 0 Å². The molecule has 8 rings (SSSR count). The zero-order valence-electron chi connectivity index (χ0n) is 18.3. The smallest absolute Gasteiger partial charge is 0.238 e. The van der Waals surface area contributed by atoms with Gasteiger partial charge in [-0.2, -0.15) is 0 Å². The van der Waals surface area contributed by atoms with Crippen LogP contribution in [0.5, 0.6) is 11.5 Å². The third-order valence-electron chi connectivity index (χ3n) is 7.50. The van der Waals surface area contributed by atoms with E-state index in [1.165, 1.54) is 27.2 Å². The first-order valence-electron chi connectivity index (χ1n) is 11.6. The molecule has 4 aromatic rings. The minimum atomic E-state index is -0.388. The van der Waals surface area contributed by atoms with E-state index in [2.05, 4.69) is 24.3 Å². The van der Waals surface area contributed by atoms with Crippen LogP contribution in [0.2, 0.25) is 0 Å². The molecule has 1 fully saturated rings. The third-order valence-corrected chi connectivity index (χ3v) is 7.50. The van der Waals surface area contributed by atoms with Gasteiger partial charge in [-0.3, -0.25) is 9.59 Å². The van der Waals surface area contributed by atoms with Gasteiger partial charge in [0.05, 0.1) is 17.5 Å². The highest BCUT2D eigenvalue weighted by atomic mass is 16.5. The van der Waals surface area contributed by atoms with Gasteiger partial charge in [0.25, 0.3) is 0 Å². The molecule has 1 heterocycles. The van der Waals surface area contributed by atoms with Crippen LogP contribution >= 0.6 is 0 Å². The maximum Gasteiger partial charge on any atom is 0.238 e. The number of hydrogen-bond acceptors (Lipinski definition) is 3. The molecule has 4 heteroatoms. The molecule has 4 aromatic carbocycles. The molecule has 2 amide bonds. The summed E-state index contributed by atoms with van der Waals surface area (Å²) in [5.41, 5.74) is 5.27. The number of carbonyl (C=O) groups is 2. The summed E-state index contributed by atoms with van der Waals surface area (Å²) >= 11 is 0. The van der Waals surface area contributed by atoms with Gasteiger partial charge in [0.15, 0.2) is 0 Å². The van der Waals surface area contributed by atoms with Crippen molar-refractivity contribution in [2.45, 2.75) is 11.8 Å². The second kappa shape index (κ2) is 7.16. The standard InChI is InChI=1S/C30H21NO3/c32-29-27-25-21-13-4-5-14-22(21)26(24-16-7-6-15-23(24)25)28(27)30(33)31(29)18-9-8-12-20(17-18)34-19-10-2-1-3-11-19/h1-17,25-28H/t25?,26?,27-,28-/m1/s1. The highest BCUT2D eigenvalue weighted by molar-refractivity contribution is 6.23. The predicted octanol–water partition coefficient (Wildman–Crippen LogP) is 5.88. The van der Waals surface area contributed by atoms with E-state index in [1.54, 1.807) is 6.07 Å². The Labute approximate surface area is 197 Å². The van der Waals surface area contributed by atoms with Gasteiger partial charge in [0, 0.05) is 17.9 Å². The van der Waals surface area contributed by atoms with Crippen LogP contribution in [0.25, 0.3) is 0 Å². The Bertz CT molecular complexity index is 1350. The summed E-state index contributed by atoms with van der Waals surface area (Å²) in [5.74, 6) is 0.0731. The minimum absolute atomic E-state index is 0.104. The van der Waals surface area contributed by atoms with Gasteiger partial charge >= 0.3 is 0 Å². The van der Waals surface area contributed by atoms with Crippen molar-refractivity contribution < 1.29 is 14.3 Å². The summed E-state index contributed by atoms with van der Waals surface area (Å²) in [6.45, 7) is 0. The molecule has 2 atom stereocenters. The monoisotopic (exact) mass is 443 g/mol. The molecule has 0 aromatic heterocycles. The molecule has 1 aliphatic heterocycles. The Balaban J connectivity index is 1.32. The number of ether oxygens (including phenoxy) is 1. The number of amides is 2. The van der Waals surface area contributed by atoms with Crippen molar-refractivity contribution >= 4 is 17.5 Å². The van der Waals surface area contributed by atoms with Crippen LogP contribution in [-0.4, -0.2) is 11.8 Å². The largest absolute Gasteiger partial charge is 0.457 e. The molecule has 0 spiro atoms. The molecule has 0 unspecified atom stereocenters. The maximum atomic E-state index is 13.9. The van der Waals surface area contributed by atoms with E-state index < -0.39 is 0 Å². The first-order valence-corrected chi connectivity index (χ1v) is 11.6. The average molecular weight is 444 g/mol. The molecule has 164 valence electrons. The van der Waals surface area contributed by atoms with Crippen LogP contribution in [-0.2, 0) is 9.59 Å². The molecule has 3 aliphatic carbocycles. The molecule has 1 saturated heterocycles. The summed E-state index contributed by atoms with van der Waals surface area (Å²) in [7, 11) is 0. The van der Waals surface area contributed by atoms with E-state index in [4.69, 9.17) is 4.74 Å². The molecule has 0 N–H and O–H groups in total. The molecule has 2 bridgehead atoms. The molecule has 0 radical (unpaired) electrons. The zero-order chi connectivity index (χ0) is 22.8. The van der Waals surface area contributed by atoms with E-state index in [0.717, 1.165) is 0 Å². The zero-order valence-corrected chi connectivity index (χ0v) is 18.3. The fraction of sp³-hybridized carbons (Fsp3) is 0.133. The number of hydrogen-bond donors (Lipinski definition) is 0. The number of nitrogens with zero attached hydrogens (tertiary/aromatic N) is 1. The van der Waals surface area contributed by atoms with Crippen LogP contribution < -0.4 is 9.64 Å². The second-order valence-corrected chi connectivity index (χ2v) is 9.19. The normalized spacial score (nSPS) is 23.9. The second-order valence-electron chi connectivity index (χ2n) is 9.19. The first-order chi connectivity index (χ1) is 16.7. The Morgan fingerprint density at radius 2 is 1.00 bits per heavy atom. The SMILES string of the molecule is O=C1[C@@H]2C3c4ccccc4C(c4ccccc43)[C@H]2C(=O)N1c1cccc(Oc2ccccc2)c1. The van der Waals surface area contributed by atoms with Crippen molar-refractivity contribution in [2.24, 2.45) is 11.8 Å². The van der Waals surface area contributed by atoms with Crippen molar-refractivity contribution in [1.29, 1.82) is 0 Å². The maximum absolute atomic E-state index is 13.9. The molecule has 0 saturated carbocycles. The van der Waals surface area contributed by atoms with Crippen molar-refractivity contribution in [3.05, 3.63) is 125 Å². The highest BCUT2D eigenvalue weighted by Crippen LogP contribution is 2.61. The molecule has 4 nitrogen and oxygen atoms in total. The van der Waals surface area contributed by atoms with Crippen LogP contribution in [0.1, 0.15) is 34.1 Å². The number of para-hydroxylation sites is 1. The van der Waals surface area contributed by atoms with Crippen molar-refractivity contribution in [1.82, 2.24) is 0 Å². The lowest BCUT2D eigenvalue weighted by Crippen LogP contribution is -2.41. The van der Waals surface area contributed by atoms with Gasteiger partial charge in [-0.05, 0) is 46.5 Å². The summed E-state index contributed by atoms with van der Waals surface area (Å²) in [4.78, 5) is 29.2. The third kappa shape index (κ3) is 2.59. The predicted molar refractivity (Wildman–Crippen MR) is 129 cm³/mol. The van der Waals surface area contributed by atoms with E-state index in [-0.39, 0.29) is 35.5 Å². The highest BCUT2D eigenvalue weighted by Gasteiger charge is 2.61. The van der Waals surface area contributed by atoms with Crippen LogP contribution in [0.4, 0.5) is 5.69 Å². The molecule has 4 aliphatic rings. The van der Waals surface area contributed by atoms with Gasteiger partial charge in [-0.15, -0.1) is 0 Å². The minimum Gasteiger partial charge on any atom is -0.457 e. The lowest BCUT2D eigenvalue weighted by Gasteiger charge is -2.45. The van der Waals surface area contributed by atoms with Crippen molar-refractivity contribution in [2.75, 3.05) is 4.90 Å². The summed E-state index contributed by atoms with van der Waals surface area (Å²) in [6.07, 6.45) is 0. The van der Waals surface area contributed by atoms with Crippen LogP contribution in [0, 0.1) is 11.8 Å². The first kappa shape index (κ1) is 19.3. The average Bonchev–Trinajstić information content (AvgIpc) is 3.15. The van der Waals surface area contributed by atoms with E-state index >= 15 is 0 Å². The van der Waals surface area contributed by atoms with E-state index in [0.29, 0.717) is 17.2 Å². The lowest BCUT2D eigenvalue weighted by molar-refractivity contribution is -0.122. The fourth-order valence-electron chi connectivity index (χ4n) is 6.24. The number of benzene rings is 4. The van der Waals surface area contributed by atoms with Gasteiger partial charge in [-0.25, -0.2) is 4.90 Å². The summed E-state index contributed by atoms with van der Waals surface area (Å²) < 4.78 is 5.97. The number of imide groups is 1. The van der Waals surface area contributed by atoms with Gasteiger partial charge in [0.1, 0.15) is 11.5 Å². The Kier molecular flexibility index (Phi) is 4.06. The Morgan fingerprint density at radius 1 is 0.529 bits per heavy atom. The molecular formula is C30H21NO3. The number of carbonyl (C=O) groups excluding carboxylic acids is 2. The molecule has 34 heavy (non-hydrogen) atoms. The van der Waals surface area contributed by atoms with E-state index in [9.17, 15) is 9.59 Å². The fourth-order valence-corrected chi connectivity index (χ4v) is 6.24. The Hall–Kier alpha value is -4.18. The number of anilines is 1. The van der Waals surface area contributed by atoms with Gasteiger partial charge in [-0.1, -0.05) is 72.8 Å².